The summed E-state index contributed by atoms with van der Waals surface area (Å²) in [6, 6.07) is 4.99. The van der Waals surface area contributed by atoms with Crippen LogP contribution in [-0.4, -0.2) is 73.0 Å². The van der Waals surface area contributed by atoms with E-state index in [1.54, 1.807) is 28.7 Å². The lowest BCUT2D eigenvalue weighted by Gasteiger charge is -2.34. The van der Waals surface area contributed by atoms with Gasteiger partial charge in [0, 0.05) is 51.2 Å². The zero-order chi connectivity index (χ0) is 19.5. The Bertz CT molecular complexity index is 1000. The standard InChI is InChI=1S/C18H21N7O2S/c1-14-17(28-13-19-14)18(27)23-10-7-22(8-11-23)9-12-25-16(26)4-3-15(21-25)24-6-2-5-20-24/h2-6,13H,7-12H2,1H3. The fourth-order valence-corrected chi connectivity index (χ4v) is 3.96. The number of aromatic nitrogens is 5. The molecule has 9 nitrogen and oxygen atoms in total. The molecule has 0 N–H and O–H groups in total. The lowest BCUT2D eigenvalue weighted by Crippen LogP contribution is -2.49. The van der Waals surface area contributed by atoms with Crippen LogP contribution >= 0.6 is 11.3 Å². The molecule has 1 fully saturated rings. The van der Waals surface area contributed by atoms with Crippen LogP contribution in [0.2, 0.25) is 0 Å². The number of nitrogens with zero attached hydrogens (tertiary/aromatic N) is 7. The third kappa shape index (κ3) is 3.87. The molecule has 1 aliphatic rings. The van der Waals surface area contributed by atoms with Gasteiger partial charge >= 0.3 is 0 Å². The Labute approximate surface area is 165 Å². The number of hydrogen-bond acceptors (Lipinski definition) is 7. The highest BCUT2D eigenvalue weighted by atomic mass is 32.1. The van der Waals surface area contributed by atoms with E-state index in [0.29, 0.717) is 32.0 Å². The second-order valence-corrected chi connectivity index (χ2v) is 7.46. The molecule has 10 heteroatoms. The molecule has 0 saturated carbocycles. The third-order valence-corrected chi connectivity index (χ3v) is 5.74. The van der Waals surface area contributed by atoms with Crippen LogP contribution < -0.4 is 5.56 Å². The molecule has 146 valence electrons. The summed E-state index contributed by atoms with van der Waals surface area (Å²) in [5.74, 6) is 0.671. The van der Waals surface area contributed by atoms with E-state index in [4.69, 9.17) is 0 Å². The molecule has 28 heavy (non-hydrogen) atoms. The molecule has 4 rings (SSSR count). The summed E-state index contributed by atoms with van der Waals surface area (Å²) in [5, 5.41) is 8.54. The van der Waals surface area contributed by atoms with Crippen molar-refractivity contribution in [2.45, 2.75) is 13.5 Å². The van der Waals surface area contributed by atoms with E-state index in [0.717, 1.165) is 23.7 Å². The Hall–Kier alpha value is -2.85. The number of piperazine rings is 1. The SMILES string of the molecule is Cc1ncsc1C(=O)N1CCN(CCn2nc(-n3cccn3)ccc2=O)CC1. The molecule has 0 radical (unpaired) electrons. The summed E-state index contributed by atoms with van der Waals surface area (Å²) in [6.45, 7) is 5.96. The van der Waals surface area contributed by atoms with Gasteiger partial charge in [-0.15, -0.1) is 16.4 Å². The fraction of sp³-hybridized carbons (Fsp3) is 0.389. The monoisotopic (exact) mass is 399 g/mol. The van der Waals surface area contributed by atoms with E-state index in [-0.39, 0.29) is 11.5 Å². The van der Waals surface area contributed by atoms with Crippen molar-refractivity contribution in [3.05, 3.63) is 57.0 Å². The minimum Gasteiger partial charge on any atom is -0.335 e. The van der Waals surface area contributed by atoms with Gasteiger partial charge in [-0.1, -0.05) is 0 Å². The number of aryl methyl sites for hydroxylation is 1. The van der Waals surface area contributed by atoms with Crippen LogP contribution in [-0.2, 0) is 6.54 Å². The first-order valence-electron chi connectivity index (χ1n) is 9.12. The zero-order valence-corrected chi connectivity index (χ0v) is 16.4. The minimum absolute atomic E-state index is 0.0597. The molecule has 3 aromatic heterocycles. The molecule has 1 aliphatic heterocycles. The molecule has 4 heterocycles. The van der Waals surface area contributed by atoms with Crippen molar-refractivity contribution >= 4 is 17.2 Å². The molecule has 0 atom stereocenters. The molecular formula is C18H21N7O2S. The molecular weight excluding hydrogens is 378 g/mol. The maximum Gasteiger partial charge on any atom is 0.266 e. The Morgan fingerprint density at radius 3 is 2.68 bits per heavy atom. The number of amides is 1. The van der Waals surface area contributed by atoms with Crippen LogP contribution in [0.5, 0.6) is 0 Å². The van der Waals surface area contributed by atoms with Gasteiger partial charge in [0.05, 0.1) is 17.7 Å². The normalized spacial score (nSPS) is 15.1. The van der Waals surface area contributed by atoms with Crippen LogP contribution in [0.3, 0.4) is 0 Å². The van der Waals surface area contributed by atoms with Gasteiger partial charge < -0.3 is 4.90 Å². The number of rotatable bonds is 5. The Balaban J connectivity index is 1.33. The highest BCUT2D eigenvalue weighted by Gasteiger charge is 2.24. The summed E-state index contributed by atoms with van der Waals surface area (Å²) in [5.41, 5.74) is 2.37. The van der Waals surface area contributed by atoms with E-state index in [9.17, 15) is 9.59 Å². The Morgan fingerprint density at radius 2 is 2.00 bits per heavy atom. The van der Waals surface area contributed by atoms with Crippen molar-refractivity contribution in [2.75, 3.05) is 32.7 Å². The summed E-state index contributed by atoms with van der Waals surface area (Å²) in [6.07, 6.45) is 3.46. The molecule has 0 spiro atoms. The van der Waals surface area contributed by atoms with Gasteiger partial charge in [-0.25, -0.2) is 14.3 Å². The smallest absolute Gasteiger partial charge is 0.266 e. The highest BCUT2D eigenvalue weighted by Crippen LogP contribution is 2.16. The van der Waals surface area contributed by atoms with Gasteiger partial charge in [0.25, 0.3) is 11.5 Å². The van der Waals surface area contributed by atoms with E-state index in [1.165, 1.54) is 22.1 Å². The maximum absolute atomic E-state index is 12.6. The minimum atomic E-state index is -0.134. The van der Waals surface area contributed by atoms with Crippen molar-refractivity contribution in [2.24, 2.45) is 0 Å². The summed E-state index contributed by atoms with van der Waals surface area (Å²) in [4.78, 5) is 33.7. The number of hydrogen-bond donors (Lipinski definition) is 0. The second kappa shape index (κ2) is 8.03. The average molecular weight is 399 g/mol. The van der Waals surface area contributed by atoms with Crippen molar-refractivity contribution in [3.63, 3.8) is 0 Å². The van der Waals surface area contributed by atoms with Crippen LogP contribution in [0.4, 0.5) is 0 Å². The molecule has 0 unspecified atom stereocenters. The zero-order valence-electron chi connectivity index (χ0n) is 15.6. The van der Waals surface area contributed by atoms with Gasteiger partial charge in [-0.2, -0.15) is 5.10 Å². The lowest BCUT2D eigenvalue weighted by molar-refractivity contribution is 0.0635. The lowest BCUT2D eigenvalue weighted by atomic mass is 10.2. The van der Waals surface area contributed by atoms with Crippen molar-refractivity contribution in [3.8, 4) is 5.82 Å². The van der Waals surface area contributed by atoms with Gasteiger partial charge in [0.2, 0.25) is 0 Å². The topological polar surface area (TPSA) is 89.2 Å². The largest absolute Gasteiger partial charge is 0.335 e. The molecule has 1 saturated heterocycles. The number of carbonyl (C=O) groups is 1. The Kier molecular flexibility index (Phi) is 5.31. The number of carbonyl (C=O) groups excluding carboxylic acids is 1. The first-order valence-corrected chi connectivity index (χ1v) is 10.00. The molecule has 0 aromatic carbocycles. The molecule has 3 aromatic rings. The predicted molar refractivity (Wildman–Crippen MR) is 105 cm³/mol. The third-order valence-electron chi connectivity index (χ3n) is 4.82. The molecule has 0 aliphatic carbocycles. The Morgan fingerprint density at radius 1 is 1.18 bits per heavy atom. The van der Waals surface area contributed by atoms with Gasteiger partial charge in [0.15, 0.2) is 5.82 Å². The molecule has 1 amide bonds. The maximum atomic E-state index is 12.6. The van der Waals surface area contributed by atoms with E-state index >= 15 is 0 Å². The summed E-state index contributed by atoms with van der Waals surface area (Å²) in [7, 11) is 0. The van der Waals surface area contributed by atoms with Gasteiger partial charge in [-0.3, -0.25) is 14.5 Å². The summed E-state index contributed by atoms with van der Waals surface area (Å²) < 4.78 is 3.09. The van der Waals surface area contributed by atoms with Crippen LogP contribution in [0.1, 0.15) is 15.4 Å². The fourth-order valence-electron chi connectivity index (χ4n) is 3.19. The van der Waals surface area contributed by atoms with E-state index in [2.05, 4.69) is 20.1 Å². The summed E-state index contributed by atoms with van der Waals surface area (Å²) >= 11 is 1.39. The van der Waals surface area contributed by atoms with Crippen LogP contribution in [0.25, 0.3) is 5.82 Å². The second-order valence-electron chi connectivity index (χ2n) is 6.60. The van der Waals surface area contributed by atoms with Gasteiger partial charge in [-0.05, 0) is 19.1 Å². The average Bonchev–Trinajstić information content (AvgIpc) is 3.39. The van der Waals surface area contributed by atoms with Crippen molar-refractivity contribution in [1.29, 1.82) is 0 Å². The van der Waals surface area contributed by atoms with Crippen LogP contribution in [0, 0.1) is 6.92 Å². The van der Waals surface area contributed by atoms with Crippen molar-refractivity contribution in [1.82, 2.24) is 34.3 Å². The van der Waals surface area contributed by atoms with Crippen LogP contribution in [0.15, 0.2) is 40.9 Å². The number of thiazole rings is 1. The highest BCUT2D eigenvalue weighted by molar-refractivity contribution is 7.11. The molecule has 0 bridgehead atoms. The predicted octanol–water partition coefficient (Wildman–Crippen LogP) is 0.652. The quantitative estimate of drug-likeness (QED) is 0.626. The van der Waals surface area contributed by atoms with E-state index < -0.39 is 0 Å². The first-order chi connectivity index (χ1) is 13.6. The van der Waals surface area contributed by atoms with Gasteiger partial charge in [0.1, 0.15) is 4.88 Å². The first kappa shape index (κ1) is 18.5. The van der Waals surface area contributed by atoms with Crippen molar-refractivity contribution < 1.29 is 4.79 Å². The van der Waals surface area contributed by atoms with E-state index in [1.807, 2.05) is 17.9 Å².